The van der Waals surface area contributed by atoms with Crippen molar-refractivity contribution in [3.63, 3.8) is 0 Å². The number of sulfonamides is 1. The number of thiophene rings is 1. The molecule has 2 rings (SSSR count). The highest BCUT2D eigenvalue weighted by atomic mass is 79.9. The molecule has 4 nitrogen and oxygen atoms in total. The SMILES string of the molecule is O=S(=O)(Nc1cccc(F)n1)c1sccc1Br. The summed E-state index contributed by atoms with van der Waals surface area (Å²) in [6.45, 7) is 0. The summed E-state index contributed by atoms with van der Waals surface area (Å²) in [5.41, 5.74) is 0. The number of aromatic nitrogens is 1. The molecule has 0 aliphatic heterocycles. The first kappa shape index (κ1) is 12.5. The average Bonchev–Trinajstić information content (AvgIpc) is 2.64. The molecule has 0 aliphatic carbocycles. The molecule has 17 heavy (non-hydrogen) atoms. The van der Waals surface area contributed by atoms with Crippen LogP contribution in [0.5, 0.6) is 0 Å². The number of hydrogen-bond donors (Lipinski definition) is 1. The maximum absolute atomic E-state index is 12.8. The van der Waals surface area contributed by atoms with Gasteiger partial charge in [-0.05, 0) is 39.5 Å². The summed E-state index contributed by atoms with van der Waals surface area (Å²) in [7, 11) is -3.72. The highest BCUT2D eigenvalue weighted by Crippen LogP contribution is 2.28. The smallest absolute Gasteiger partial charge is 0.263 e. The lowest BCUT2D eigenvalue weighted by atomic mass is 10.5. The van der Waals surface area contributed by atoms with Crippen LogP contribution in [-0.2, 0) is 10.0 Å². The van der Waals surface area contributed by atoms with Crippen molar-refractivity contribution in [1.29, 1.82) is 0 Å². The van der Waals surface area contributed by atoms with Crippen molar-refractivity contribution >= 4 is 43.1 Å². The van der Waals surface area contributed by atoms with E-state index in [4.69, 9.17) is 0 Å². The molecule has 0 fully saturated rings. The van der Waals surface area contributed by atoms with Gasteiger partial charge in [-0.2, -0.15) is 4.39 Å². The summed E-state index contributed by atoms with van der Waals surface area (Å²) in [6, 6.07) is 5.52. The summed E-state index contributed by atoms with van der Waals surface area (Å²) in [5, 5.41) is 1.64. The predicted octanol–water partition coefficient (Wildman–Crippen LogP) is 2.85. The van der Waals surface area contributed by atoms with Crippen LogP contribution in [0, 0.1) is 5.95 Å². The van der Waals surface area contributed by atoms with E-state index in [9.17, 15) is 12.8 Å². The molecule has 0 saturated carbocycles. The summed E-state index contributed by atoms with van der Waals surface area (Å²) < 4.78 is 39.4. The van der Waals surface area contributed by atoms with Crippen LogP contribution >= 0.6 is 27.3 Å². The van der Waals surface area contributed by atoms with E-state index in [1.54, 1.807) is 11.4 Å². The fourth-order valence-electron chi connectivity index (χ4n) is 1.12. The van der Waals surface area contributed by atoms with Crippen LogP contribution in [-0.4, -0.2) is 13.4 Å². The van der Waals surface area contributed by atoms with Crippen LogP contribution in [0.1, 0.15) is 0 Å². The Morgan fingerprint density at radius 1 is 1.35 bits per heavy atom. The van der Waals surface area contributed by atoms with E-state index < -0.39 is 16.0 Å². The highest BCUT2D eigenvalue weighted by Gasteiger charge is 2.19. The van der Waals surface area contributed by atoms with Gasteiger partial charge in [0.2, 0.25) is 5.95 Å². The van der Waals surface area contributed by atoms with Gasteiger partial charge in [-0.1, -0.05) is 6.07 Å². The zero-order valence-electron chi connectivity index (χ0n) is 8.22. The van der Waals surface area contributed by atoms with Gasteiger partial charge in [-0.3, -0.25) is 4.72 Å². The monoisotopic (exact) mass is 336 g/mol. The molecule has 0 saturated heterocycles. The van der Waals surface area contributed by atoms with Gasteiger partial charge in [0.25, 0.3) is 10.0 Å². The number of hydrogen-bond acceptors (Lipinski definition) is 4. The third-order valence-corrected chi connectivity index (χ3v) is 5.81. The van der Waals surface area contributed by atoms with E-state index in [0.29, 0.717) is 4.47 Å². The number of halogens is 2. The van der Waals surface area contributed by atoms with Gasteiger partial charge >= 0.3 is 0 Å². The fraction of sp³-hybridized carbons (Fsp3) is 0. The Hall–Kier alpha value is -0.990. The molecule has 2 aromatic rings. The standard InChI is InChI=1S/C9H6BrFN2O2S2/c10-6-4-5-16-9(6)17(14,15)13-8-3-1-2-7(11)12-8/h1-5H,(H,12,13). The van der Waals surface area contributed by atoms with Gasteiger partial charge in [-0.25, -0.2) is 13.4 Å². The van der Waals surface area contributed by atoms with Crippen LogP contribution in [0.2, 0.25) is 0 Å². The first-order chi connectivity index (χ1) is 7.99. The summed E-state index contributed by atoms with van der Waals surface area (Å²) in [4.78, 5) is 3.43. The second-order valence-electron chi connectivity index (χ2n) is 3.01. The van der Waals surface area contributed by atoms with E-state index in [0.717, 1.165) is 17.4 Å². The van der Waals surface area contributed by atoms with E-state index in [1.807, 2.05) is 0 Å². The Bertz CT molecular complexity index is 642. The number of pyridine rings is 1. The molecule has 2 heterocycles. The number of nitrogens with one attached hydrogen (secondary N) is 1. The molecule has 0 spiro atoms. The topological polar surface area (TPSA) is 59.1 Å². The number of rotatable bonds is 3. The zero-order valence-corrected chi connectivity index (χ0v) is 11.4. The third-order valence-electron chi connectivity index (χ3n) is 1.78. The molecular weight excluding hydrogens is 331 g/mol. The summed E-state index contributed by atoms with van der Waals surface area (Å²) in [6.07, 6.45) is 0. The maximum atomic E-state index is 12.8. The second kappa shape index (κ2) is 4.71. The minimum atomic E-state index is -3.72. The molecular formula is C9H6BrFN2O2S2. The molecule has 0 atom stereocenters. The lowest BCUT2D eigenvalue weighted by molar-refractivity contribution is 0.584. The molecule has 0 radical (unpaired) electrons. The third kappa shape index (κ3) is 2.82. The fourth-order valence-corrected chi connectivity index (χ4v) is 4.46. The molecule has 0 aliphatic rings. The molecule has 90 valence electrons. The van der Waals surface area contributed by atoms with Gasteiger partial charge in [0, 0.05) is 4.47 Å². The quantitative estimate of drug-likeness (QED) is 0.876. The van der Waals surface area contributed by atoms with E-state index >= 15 is 0 Å². The van der Waals surface area contributed by atoms with Gasteiger partial charge in [0.15, 0.2) is 4.21 Å². The second-order valence-corrected chi connectivity index (χ2v) is 6.66. The van der Waals surface area contributed by atoms with Crippen LogP contribution < -0.4 is 4.72 Å². The Kier molecular flexibility index (Phi) is 3.45. The van der Waals surface area contributed by atoms with Gasteiger partial charge in [-0.15, -0.1) is 11.3 Å². The Labute approximate surface area is 110 Å². The largest absolute Gasteiger partial charge is 0.273 e. The molecule has 0 bridgehead atoms. The van der Waals surface area contributed by atoms with Crippen molar-refractivity contribution in [3.8, 4) is 0 Å². The molecule has 8 heteroatoms. The van der Waals surface area contributed by atoms with E-state index in [1.165, 1.54) is 12.1 Å². The summed E-state index contributed by atoms with van der Waals surface area (Å²) in [5.74, 6) is -0.791. The lowest BCUT2D eigenvalue weighted by Gasteiger charge is -2.05. The first-order valence-corrected chi connectivity index (χ1v) is 7.53. The lowest BCUT2D eigenvalue weighted by Crippen LogP contribution is -2.13. The number of nitrogens with zero attached hydrogens (tertiary/aromatic N) is 1. The van der Waals surface area contributed by atoms with Crippen LogP contribution in [0.3, 0.4) is 0 Å². The van der Waals surface area contributed by atoms with Crippen LogP contribution in [0.4, 0.5) is 10.2 Å². The van der Waals surface area contributed by atoms with Crippen molar-refractivity contribution in [2.24, 2.45) is 0 Å². The molecule has 1 N–H and O–H groups in total. The molecule has 0 aromatic carbocycles. The van der Waals surface area contributed by atoms with Gasteiger partial charge < -0.3 is 0 Å². The minimum Gasteiger partial charge on any atom is -0.263 e. The Morgan fingerprint density at radius 2 is 2.12 bits per heavy atom. The molecule has 2 aromatic heterocycles. The molecule has 0 unspecified atom stereocenters. The zero-order chi connectivity index (χ0) is 12.5. The highest BCUT2D eigenvalue weighted by molar-refractivity contribution is 9.10. The summed E-state index contributed by atoms with van der Waals surface area (Å²) >= 11 is 4.19. The van der Waals surface area contributed by atoms with Crippen LogP contribution in [0.25, 0.3) is 0 Å². The van der Waals surface area contributed by atoms with Crippen molar-refractivity contribution in [2.45, 2.75) is 4.21 Å². The van der Waals surface area contributed by atoms with Crippen molar-refractivity contribution in [3.05, 3.63) is 40.1 Å². The number of anilines is 1. The normalized spacial score (nSPS) is 11.4. The van der Waals surface area contributed by atoms with E-state index in [2.05, 4.69) is 25.6 Å². The van der Waals surface area contributed by atoms with Gasteiger partial charge in [0.1, 0.15) is 5.82 Å². The Balaban J connectivity index is 2.33. The maximum Gasteiger partial charge on any atom is 0.273 e. The predicted molar refractivity (Wildman–Crippen MR) is 67.0 cm³/mol. The average molecular weight is 337 g/mol. The first-order valence-electron chi connectivity index (χ1n) is 4.37. The molecule has 0 amide bonds. The minimum absolute atomic E-state index is 0.0506. The van der Waals surface area contributed by atoms with Gasteiger partial charge in [0.05, 0.1) is 0 Å². The van der Waals surface area contributed by atoms with Crippen molar-refractivity contribution < 1.29 is 12.8 Å². The van der Waals surface area contributed by atoms with E-state index in [-0.39, 0.29) is 10.0 Å². The van der Waals surface area contributed by atoms with Crippen molar-refractivity contribution in [1.82, 2.24) is 4.98 Å². The van der Waals surface area contributed by atoms with Crippen LogP contribution in [0.15, 0.2) is 38.3 Å². The van der Waals surface area contributed by atoms with Crippen molar-refractivity contribution in [2.75, 3.05) is 4.72 Å². The Morgan fingerprint density at radius 3 is 2.71 bits per heavy atom.